The van der Waals surface area contributed by atoms with E-state index in [0.717, 1.165) is 5.47 Å². The van der Waals surface area contributed by atoms with Crippen LogP contribution in [0.2, 0.25) is 0 Å². The van der Waals surface area contributed by atoms with Gasteiger partial charge in [-0.3, -0.25) is 0 Å². The summed E-state index contributed by atoms with van der Waals surface area (Å²) in [6.45, 7) is 14.0. The van der Waals surface area contributed by atoms with Crippen LogP contribution in [0.15, 0.2) is 12.1 Å². The summed E-state index contributed by atoms with van der Waals surface area (Å²) < 4.78 is 0. The van der Waals surface area contributed by atoms with E-state index in [1.54, 1.807) is 0 Å². The number of nitrogens with one attached hydrogen (secondary N) is 1. The molecule has 0 heterocycles. The molecule has 0 aliphatic carbocycles. The molecule has 0 aromatic carbocycles. The molecule has 0 spiro atoms. The zero-order chi connectivity index (χ0) is 8.85. The van der Waals surface area contributed by atoms with Gasteiger partial charge in [-0.25, -0.2) is 0 Å². The van der Waals surface area contributed by atoms with Crippen molar-refractivity contribution < 1.29 is 0 Å². The zero-order valence-corrected chi connectivity index (χ0v) is 7.86. The summed E-state index contributed by atoms with van der Waals surface area (Å²) in [6, 6.07) is 0. The van der Waals surface area contributed by atoms with Gasteiger partial charge >= 0.3 is 70.0 Å². The summed E-state index contributed by atoms with van der Waals surface area (Å²) in [5.41, 5.74) is 2.25. The third-order valence-corrected chi connectivity index (χ3v) is 1.31. The Morgan fingerprint density at radius 1 is 1.18 bits per heavy atom. The molecule has 0 bridgehead atoms. The SMILES string of the molecule is C=C(C)B=C(C)B=C(C)NC. The van der Waals surface area contributed by atoms with Crippen LogP contribution in [0.3, 0.4) is 0 Å². The van der Waals surface area contributed by atoms with E-state index in [4.69, 9.17) is 0 Å². The molecule has 0 atom stereocenters. The quantitative estimate of drug-likeness (QED) is 0.571. The molecule has 0 aromatic heterocycles. The van der Waals surface area contributed by atoms with Crippen LogP contribution >= 0.6 is 0 Å². The molecule has 0 rings (SSSR count). The van der Waals surface area contributed by atoms with Gasteiger partial charge in [-0.15, -0.1) is 0 Å². The molecule has 0 unspecified atom stereocenters. The van der Waals surface area contributed by atoms with Crippen LogP contribution in [0.4, 0.5) is 0 Å². The molecule has 11 heavy (non-hydrogen) atoms. The van der Waals surface area contributed by atoms with Crippen molar-refractivity contribution in [2.45, 2.75) is 20.8 Å². The van der Waals surface area contributed by atoms with Crippen LogP contribution < -0.4 is 5.32 Å². The van der Waals surface area contributed by atoms with Crippen molar-refractivity contribution in [3.05, 3.63) is 12.1 Å². The fraction of sp³-hybridized carbons (Fsp3) is 0.500. The van der Waals surface area contributed by atoms with Gasteiger partial charge in [0.25, 0.3) is 0 Å². The Morgan fingerprint density at radius 3 is 2.09 bits per heavy atom. The van der Waals surface area contributed by atoms with Crippen molar-refractivity contribution >= 4 is 24.8 Å². The van der Waals surface area contributed by atoms with Crippen molar-refractivity contribution in [1.29, 1.82) is 0 Å². The van der Waals surface area contributed by atoms with Gasteiger partial charge in [-0.2, -0.15) is 0 Å². The molecule has 0 saturated heterocycles. The molecule has 0 aliphatic heterocycles. The molecule has 0 aliphatic rings. The van der Waals surface area contributed by atoms with Gasteiger partial charge in [0.05, 0.1) is 0 Å². The second kappa shape index (κ2) is 5.11. The first-order chi connectivity index (χ1) is 5.06. The van der Waals surface area contributed by atoms with E-state index in [-0.39, 0.29) is 0 Å². The predicted molar refractivity (Wildman–Crippen MR) is 56.7 cm³/mol. The Labute approximate surface area is 70.7 Å². The van der Waals surface area contributed by atoms with Crippen molar-refractivity contribution in [3.63, 3.8) is 0 Å². The van der Waals surface area contributed by atoms with Gasteiger partial charge in [0.2, 0.25) is 0 Å². The Kier molecular flexibility index (Phi) is 4.84. The summed E-state index contributed by atoms with van der Waals surface area (Å²) in [5, 5.41) is 4.29. The fourth-order valence-electron chi connectivity index (χ4n) is 0.844. The van der Waals surface area contributed by atoms with Crippen molar-refractivity contribution in [3.8, 4) is 0 Å². The van der Waals surface area contributed by atoms with E-state index < -0.39 is 0 Å². The van der Waals surface area contributed by atoms with Crippen molar-refractivity contribution in [2.24, 2.45) is 0 Å². The average Bonchev–Trinajstić information content (AvgIpc) is 1.85. The topological polar surface area (TPSA) is 12.0 Å². The van der Waals surface area contributed by atoms with Crippen molar-refractivity contribution in [1.82, 2.24) is 5.32 Å². The molecule has 0 radical (unpaired) electrons. The minimum absolute atomic E-state index is 1.09. The second-order valence-electron chi connectivity index (χ2n) is 2.81. The Hall–Kier alpha value is -0.590. The first-order valence-electron chi connectivity index (χ1n) is 3.76. The van der Waals surface area contributed by atoms with Gasteiger partial charge in [0.1, 0.15) is 0 Å². The number of rotatable bonds is 3. The van der Waals surface area contributed by atoms with E-state index in [9.17, 15) is 0 Å². The Bertz CT molecular complexity index is 204. The molecule has 1 nitrogen and oxygen atoms in total. The van der Waals surface area contributed by atoms with E-state index in [1.165, 1.54) is 10.9 Å². The van der Waals surface area contributed by atoms with Crippen LogP contribution in [-0.4, -0.2) is 31.8 Å². The van der Waals surface area contributed by atoms with Gasteiger partial charge in [-0.05, 0) is 0 Å². The first-order valence-corrected chi connectivity index (χ1v) is 3.76. The summed E-state index contributed by atoms with van der Waals surface area (Å²) in [5.74, 6) is 0. The molecule has 1 N–H and O–H groups in total. The van der Waals surface area contributed by atoms with Crippen LogP contribution in [0.25, 0.3) is 0 Å². The Morgan fingerprint density at radius 2 is 1.73 bits per heavy atom. The van der Waals surface area contributed by atoms with Gasteiger partial charge in [0, 0.05) is 0 Å². The number of hydrogen-bond acceptors (Lipinski definition) is 1. The molecular formula is C8H15B2N. The van der Waals surface area contributed by atoms with Gasteiger partial charge in [0.15, 0.2) is 0 Å². The van der Waals surface area contributed by atoms with E-state index >= 15 is 0 Å². The number of allylic oxidation sites excluding steroid dienone is 1. The standard InChI is InChI=1S/C8H15B2N/c1-6(2)9-7(3)10-8(4)11-5/h11H,1H2,2-5H3. The molecule has 0 fully saturated rings. The molecule has 0 saturated carbocycles. The molecular weight excluding hydrogens is 132 g/mol. The summed E-state index contributed by atoms with van der Waals surface area (Å²) >= 11 is 0. The van der Waals surface area contributed by atoms with Gasteiger partial charge in [-0.1, -0.05) is 0 Å². The molecule has 58 valence electrons. The first kappa shape index (κ1) is 10.4. The minimum atomic E-state index is 1.09. The monoisotopic (exact) mass is 147 g/mol. The summed E-state index contributed by atoms with van der Waals surface area (Å²) in [4.78, 5) is 0. The fourth-order valence-corrected chi connectivity index (χ4v) is 0.844. The summed E-state index contributed by atoms with van der Waals surface area (Å²) in [7, 11) is 1.92. The summed E-state index contributed by atoms with van der Waals surface area (Å²) in [6.07, 6.45) is 0. The predicted octanol–water partition coefficient (Wildman–Crippen LogP) is 0.447. The van der Waals surface area contributed by atoms with Crippen molar-refractivity contribution in [2.75, 3.05) is 7.05 Å². The maximum absolute atomic E-state index is 3.80. The third kappa shape index (κ3) is 5.83. The molecule has 0 aromatic rings. The van der Waals surface area contributed by atoms with E-state index in [0.29, 0.717) is 0 Å². The molecule has 3 heteroatoms. The second-order valence-corrected chi connectivity index (χ2v) is 2.81. The molecule has 0 amide bonds. The van der Waals surface area contributed by atoms with Crippen LogP contribution in [0, 0.1) is 0 Å². The van der Waals surface area contributed by atoms with Crippen LogP contribution in [-0.2, 0) is 0 Å². The zero-order valence-electron chi connectivity index (χ0n) is 7.86. The average molecular weight is 147 g/mol. The van der Waals surface area contributed by atoms with Crippen LogP contribution in [0.5, 0.6) is 0 Å². The van der Waals surface area contributed by atoms with Gasteiger partial charge < -0.3 is 0 Å². The van der Waals surface area contributed by atoms with E-state index in [2.05, 4.69) is 32.7 Å². The Balaban J connectivity index is 4.26. The van der Waals surface area contributed by atoms with Crippen LogP contribution in [0.1, 0.15) is 20.8 Å². The van der Waals surface area contributed by atoms with E-state index in [1.807, 2.05) is 20.9 Å². The maximum atomic E-state index is 3.80. The normalized spacial score (nSPS) is 11.6. The number of hydrogen-bond donors (Lipinski definition) is 1. The third-order valence-electron chi connectivity index (χ3n) is 1.31.